The Balaban J connectivity index is 1.66. The van der Waals surface area contributed by atoms with Gasteiger partial charge in [-0.1, -0.05) is 39.3 Å². The molecule has 0 radical (unpaired) electrons. The zero-order valence-corrected chi connectivity index (χ0v) is 18.9. The zero-order valence-electron chi connectivity index (χ0n) is 18.1. The number of primary amides is 1. The van der Waals surface area contributed by atoms with Gasteiger partial charge in [0.25, 0.3) is 11.8 Å². The summed E-state index contributed by atoms with van der Waals surface area (Å²) >= 11 is 1.28. The summed E-state index contributed by atoms with van der Waals surface area (Å²) in [5.41, 5.74) is 15.5. The Morgan fingerprint density at radius 3 is 2.74 bits per heavy atom. The number of carbonyl (C=O) groups excluding carboxylic acids is 2. The van der Waals surface area contributed by atoms with Crippen LogP contribution in [0.15, 0.2) is 30.3 Å². The number of pyridine rings is 1. The van der Waals surface area contributed by atoms with E-state index in [9.17, 15) is 9.59 Å². The van der Waals surface area contributed by atoms with Crippen molar-refractivity contribution in [2.45, 2.75) is 46.5 Å². The topological polar surface area (TPSA) is 111 Å². The lowest BCUT2D eigenvalue weighted by Crippen LogP contribution is -2.29. The number of thiophene rings is 1. The number of aromatic nitrogens is 1. The van der Waals surface area contributed by atoms with E-state index in [2.05, 4.69) is 32.2 Å². The van der Waals surface area contributed by atoms with Crippen LogP contribution in [0.1, 0.15) is 64.9 Å². The molecule has 0 saturated heterocycles. The molecule has 1 aliphatic carbocycles. The van der Waals surface area contributed by atoms with Crippen LogP contribution in [0, 0.1) is 11.3 Å². The summed E-state index contributed by atoms with van der Waals surface area (Å²) in [7, 11) is 0. The Hall–Kier alpha value is -2.93. The lowest BCUT2D eigenvalue weighted by atomic mass is 9.69. The lowest BCUT2D eigenvalue weighted by molar-refractivity contribution is 0.100. The van der Waals surface area contributed by atoms with Gasteiger partial charge in [0, 0.05) is 11.1 Å². The average molecular weight is 437 g/mol. The molecular weight excluding hydrogens is 408 g/mol. The summed E-state index contributed by atoms with van der Waals surface area (Å²) in [4.78, 5) is 30.6. The molecule has 3 aromatic rings. The third kappa shape index (κ3) is 3.90. The van der Waals surface area contributed by atoms with Crippen LogP contribution in [0.3, 0.4) is 0 Å². The molecule has 0 aliphatic heterocycles. The molecule has 0 spiro atoms. The van der Waals surface area contributed by atoms with Crippen LogP contribution in [-0.2, 0) is 12.8 Å². The molecule has 1 aliphatic rings. The van der Waals surface area contributed by atoms with Gasteiger partial charge in [-0.2, -0.15) is 0 Å². The first-order valence-corrected chi connectivity index (χ1v) is 11.4. The van der Waals surface area contributed by atoms with Crippen LogP contribution in [-0.4, -0.2) is 16.8 Å². The number of hydrogen-bond donors (Lipinski definition) is 3. The van der Waals surface area contributed by atoms with E-state index in [0.717, 1.165) is 41.6 Å². The first-order chi connectivity index (χ1) is 14.7. The molecule has 6 nitrogen and oxygen atoms in total. The fraction of sp³-hybridized carbons (Fsp3) is 0.375. The van der Waals surface area contributed by atoms with Gasteiger partial charge in [-0.15, -0.1) is 11.3 Å². The molecular formula is C24H28N4O2S. The molecule has 0 fully saturated rings. The van der Waals surface area contributed by atoms with Gasteiger partial charge >= 0.3 is 0 Å². The molecule has 2 amide bonds. The molecule has 2 heterocycles. The highest BCUT2D eigenvalue weighted by Gasteiger charge is 2.32. The van der Waals surface area contributed by atoms with E-state index in [4.69, 9.17) is 16.5 Å². The average Bonchev–Trinajstić information content (AvgIpc) is 3.07. The van der Waals surface area contributed by atoms with Crippen molar-refractivity contribution in [1.29, 1.82) is 0 Å². The molecule has 1 atom stereocenters. The van der Waals surface area contributed by atoms with Crippen LogP contribution < -0.4 is 16.8 Å². The second-order valence-electron chi connectivity index (χ2n) is 8.94. The molecule has 5 N–H and O–H groups in total. The number of hydrogen-bond acceptors (Lipinski definition) is 5. The molecule has 0 saturated carbocycles. The third-order valence-corrected chi connectivity index (χ3v) is 7.86. The normalized spacial score (nSPS) is 16.2. The van der Waals surface area contributed by atoms with Gasteiger partial charge in [0.1, 0.15) is 9.71 Å². The van der Waals surface area contributed by atoms with Crippen molar-refractivity contribution in [3.05, 3.63) is 52.0 Å². The largest absolute Gasteiger partial charge is 0.397 e. The highest BCUT2D eigenvalue weighted by atomic mass is 32.1. The number of benzene rings is 1. The van der Waals surface area contributed by atoms with Gasteiger partial charge in [-0.25, -0.2) is 4.98 Å². The predicted octanol–water partition coefficient (Wildman–Crippen LogP) is 4.77. The van der Waals surface area contributed by atoms with E-state index < -0.39 is 5.91 Å². The highest BCUT2D eigenvalue weighted by molar-refractivity contribution is 7.21. The first-order valence-electron chi connectivity index (χ1n) is 10.6. The quantitative estimate of drug-likeness (QED) is 0.535. The summed E-state index contributed by atoms with van der Waals surface area (Å²) in [6, 6.07) is 8.78. The van der Waals surface area contributed by atoms with Gasteiger partial charge in [-0.3, -0.25) is 9.59 Å². The highest BCUT2D eigenvalue weighted by Crippen LogP contribution is 2.42. The number of aryl methyl sites for hydroxylation is 1. The van der Waals surface area contributed by atoms with Crippen molar-refractivity contribution in [1.82, 2.24) is 4.98 Å². The molecule has 1 aromatic carbocycles. The summed E-state index contributed by atoms with van der Waals surface area (Å²) in [6.45, 7) is 6.91. The zero-order chi connectivity index (χ0) is 22.3. The number of nitrogens with zero attached hydrogens (tertiary/aromatic N) is 1. The van der Waals surface area contributed by atoms with Crippen LogP contribution in [0.25, 0.3) is 10.2 Å². The van der Waals surface area contributed by atoms with E-state index in [1.807, 2.05) is 0 Å². The predicted molar refractivity (Wildman–Crippen MR) is 127 cm³/mol. The first kappa shape index (κ1) is 21.3. The Bertz CT molecular complexity index is 1180. The maximum Gasteiger partial charge on any atom is 0.267 e. The Morgan fingerprint density at radius 1 is 1.29 bits per heavy atom. The SMILES string of the molecule is CCC(C)(C)C1CCc2nc3sc(C(=O)Nc4ccccc4C(N)=O)c(N)c3cc2C1. The Morgan fingerprint density at radius 2 is 2.03 bits per heavy atom. The van der Waals surface area contributed by atoms with Crippen LogP contribution >= 0.6 is 11.3 Å². The van der Waals surface area contributed by atoms with Gasteiger partial charge in [0.2, 0.25) is 0 Å². The summed E-state index contributed by atoms with van der Waals surface area (Å²) in [5.74, 6) is -0.353. The van der Waals surface area contributed by atoms with E-state index in [-0.39, 0.29) is 16.9 Å². The molecule has 0 bridgehead atoms. The van der Waals surface area contributed by atoms with Gasteiger partial charge in [0.15, 0.2) is 0 Å². The fourth-order valence-corrected chi connectivity index (χ4v) is 5.29. The van der Waals surface area contributed by atoms with Crippen molar-refractivity contribution < 1.29 is 9.59 Å². The van der Waals surface area contributed by atoms with Crippen LogP contribution in [0.4, 0.5) is 11.4 Å². The van der Waals surface area contributed by atoms with Crippen molar-refractivity contribution in [3.8, 4) is 0 Å². The smallest absolute Gasteiger partial charge is 0.267 e. The summed E-state index contributed by atoms with van der Waals surface area (Å²) in [6.07, 6.45) is 4.21. The van der Waals surface area contributed by atoms with Crippen LogP contribution in [0.2, 0.25) is 0 Å². The lowest BCUT2D eigenvalue weighted by Gasteiger charge is -2.36. The number of nitrogen functional groups attached to an aromatic ring is 1. The van der Waals surface area contributed by atoms with Gasteiger partial charge in [-0.05, 0) is 54.4 Å². The van der Waals surface area contributed by atoms with E-state index in [1.54, 1.807) is 24.3 Å². The molecule has 2 aromatic heterocycles. The number of fused-ring (bicyclic) bond motifs is 2. The monoisotopic (exact) mass is 436 g/mol. The molecule has 4 rings (SSSR count). The Labute approximate surface area is 186 Å². The number of para-hydroxylation sites is 1. The minimum absolute atomic E-state index is 0.258. The van der Waals surface area contributed by atoms with Crippen molar-refractivity contribution in [3.63, 3.8) is 0 Å². The number of nitrogens with two attached hydrogens (primary N) is 2. The number of anilines is 2. The van der Waals surface area contributed by atoms with E-state index >= 15 is 0 Å². The third-order valence-electron chi connectivity index (χ3n) is 6.75. The number of amides is 2. The fourth-order valence-electron chi connectivity index (χ4n) is 4.30. The molecule has 1 unspecified atom stereocenters. The van der Waals surface area contributed by atoms with Crippen molar-refractivity contribution >= 4 is 44.7 Å². The number of carbonyl (C=O) groups is 2. The van der Waals surface area contributed by atoms with E-state index in [0.29, 0.717) is 22.2 Å². The standard InChI is InChI=1S/C24H28N4O2S/c1-4-24(2,3)14-9-10-17-13(11-14)12-16-19(25)20(31-23(16)28-17)22(30)27-18-8-6-5-7-15(18)21(26)29/h5-8,12,14H,4,9-11,25H2,1-3H3,(H2,26,29)(H,27,30). The molecule has 31 heavy (non-hydrogen) atoms. The number of rotatable bonds is 5. The Kier molecular flexibility index (Phi) is 5.47. The maximum absolute atomic E-state index is 13.0. The van der Waals surface area contributed by atoms with E-state index in [1.165, 1.54) is 16.9 Å². The minimum atomic E-state index is -0.598. The van der Waals surface area contributed by atoms with Gasteiger partial charge < -0.3 is 16.8 Å². The summed E-state index contributed by atoms with van der Waals surface area (Å²) < 4.78 is 0. The second-order valence-corrected chi connectivity index (χ2v) is 9.94. The molecule has 162 valence electrons. The van der Waals surface area contributed by atoms with Crippen molar-refractivity contribution in [2.75, 3.05) is 11.1 Å². The van der Waals surface area contributed by atoms with Gasteiger partial charge in [0.05, 0.1) is 16.9 Å². The van der Waals surface area contributed by atoms with Crippen molar-refractivity contribution in [2.24, 2.45) is 17.1 Å². The number of nitrogens with one attached hydrogen (secondary N) is 1. The second kappa shape index (κ2) is 7.96. The maximum atomic E-state index is 13.0. The molecule has 7 heteroatoms. The minimum Gasteiger partial charge on any atom is -0.397 e. The van der Waals surface area contributed by atoms with Crippen LogP contribution in [0.5, 0.6) is 0 Å². The summed E-state index contributed by atoms with van der Waals surface area (Å²) in [5, 5.41) is 3.60.